The lowest BCUT2D eigenvalue weighted by Gasteiger charge is -2.31. The molecule has 1 aliphatic rings. The lowest BCUT2D eigenvalue weighted by atomic mass is 9.80. The van der Waals surface area contributed by atoms with Gasteiger partial charge >= 0.3 is 0 Å². The number of hydrogen-bond acceptors (Lipinski definition) is 5. The highest BCUT2D eigenvalue weighted by atomic mass is 15.3. The minimum absolute atomic E-state index is 0.333. The minimum Gasteiger partial charge on any atom is -0.328 e. The van der Waals surface area contributed by atoms with Crippen molar-refractivity contribution in [1.29, 1.82) is 0 Å². The Kier molecular flexibility index (Phi) is 4.73. The third-order valence-corrected chi connectivity index (χ3v) is 4.68. The maximum Gasteiger partial charge on any atom is 0.146 e. The molecule has 0 aliphatic heterocycles. The molecule has 1 fully saturated rings. The first-order chi connectivity index (χ1) is 11.1. The van der Waals surface area contributed by atoms with Gasteiger partial charge < -0.3 is 10.3 Å². The maximum atomic E-state index is 5.88. The van der Waals surface area contributed by atoms with Gasteiger partial charge in [-0.15, -0.1) is 10.2 Å². The Morgan fingerprint density at radius 2 is 2.04 bits per heavy atom. The minimum atomic E-state index is 0.333. The monoisotopic (exact) mass is 314 g/mol. The smallest absolute Gasteiger partial charge is 0.146 e. The van der Waals surface area contributed by atoms with Gasteiger partial charge in [0.2, 0.25) is 0 Å². The summed E-state index contributed by atoms with van der Waals surface area (Å²) in [5.74, 6) is 2.54. The second kappa shape index (κ2) is 6.76. The summed E-state index contributed by atoms with van der Waals surface area (Å²) in [4.78, 5) is 6.74. The highest BCUT2D eigenvalue weighted by Gasteiger charge is 2.31. The first kappa shape index (κ1) is 16.1. The molecule has 2 N–H and O–H groups in total. The van der Waals surface area contributed by atoms with Crippen LogP contribution in [0.5, 0.6) is 0 Å². The van der Waals surface area contributed by atoms with Crippen LogP contribution in [0, 0.1) is 0 Å². The maximum absolute atomic E-state index is 5.88. The van der Waals surface area contributed by atoms with Crippen molar-refractivity contribution in [3.8, 4) is 0 Å². The van der Waals surface area contributed by atoms with E-state index in [1.807, 2.05) is 6.20 Å². The number of aromatic nitrogens is 4. The van der Waals surface area contributed by atoms with Gasteiger partial charge in [0.15, 0.2) is 0 Å². The van der Waals surface area contributed by atoms with Crippen LogP contribution >= 0.6 is 0 Å². The predicted molar refractivity (Wildman–Crippen MR) is 89.7 cm³/mol. The van der Waals surface area contributed by atoms with Gasteiger partial charge in [-0.25, -0.2) is 0 Å². The summed E-state index contributed by atoms with van der Waals surface area (Å²) in [5.41, 5.74) is 8.23. The van der Waals surface area contributed by atoms with Crippen LogP contribution in [0.4, 0.5) is 0 Å². The van der Waals surface area contributed by atoms with E-state index in [0.29, 0.717) is 12.0 Å². The van der Waals surface area contributed by atoms with Crippen molar-refractivity contribution < 1.29 is 0 Å². The Bertz CT molecular complexity index is 642. The van der Waals surface area contributed by atoms with Crippen molar-refractivity contribution in [2.24, 2.45) is 12.8 Å². The number of nitrogens with two attached hydrogens (primary N) is 1. The molecule has 0 atom stereocenters. The average Bonchev–Trinajstić information content (AvgIpc) is 2.85. The molecule has 0 radical (unpaired) electrons. The quantitative estimate of drug-likeness (QED) is 0.877. The predicted octanol–water partition coefficient (Wildman–Crippen LogP) is 1.61. The van der Waals surface area contributed by atoms with Crippen LogP contribution < -0.4 is 5.73 Å². The van der Waals surface area contributed by atoms with E-state index in [0.717, 1.165) is 49.7 Å². The summed E-state index contributed by atoms with van der Waals surface area (Å²) in [7, 11) is 4.14. The van der Waals surface area contributed by atoms with Crippen molar-refractivity contribution in [3.63, 3.8) is 0 Å². The number of nitrogens with zero attached hydrogens (tertiary/aromatic N) is 5. The van der Waals surface area contributed by atoms with E-state index in [4.69, 9.17) is 5.73 Å². The second-order valence-corrected chi connectivity index (χ2v) is 6.65. The summed E-state index contributed by atoms with van der Waals surface area (Å²) < 4.78 is 2.13. The second-order valence-electron chi connectivity index (χ2n) is 6.65. The molecule has 2 heterocycles. The summed E-state index contributed by atoms with van der Waals surface area (Å²) in [5, 5.41) is 8.73. The van der Waals surface area contributed by atoms with Gasteiger partial charge in [0.1, 0.15) is 11.6 Å². The average molecular weight is 314 g/mol. The van der Waals surface area contributed by atoms with Crippen LogP contribution in [0.15, 0.2) is 18.3 Å². The number of hydrogen-bond donors (Lipinski definition) is 1. The number of pyridine rings is 1. The van der Waals surface area contributed by atoms with Gasteiger partial charge in [-0.05, 0) is 37.9 Å². The van der Waals surface area contributed by atoms with E-state index in [1.165, 1.54) is 5.56 Å². The lowest BCUT2D eigenvalue weighted by molar-refractivity contribution is 0.299. The van der Waals surface area contributed by atoms with Gasteiger partial charge in [-0.1, -0.05) is 13.0 Å². The molecule has 0 amide bonds. The van der Waals surface area contributed by atoms with Crippen molar-refractivity contribution in [3.05, 3.63) is 41.2 Å². The zero-order chi connectivity index (χ0) is 16.4. The first-order valence-corrected chi connectivity index (χ1v) is 8.33. The highest BCUT2D eigenvalue weighted by Crippen LogP contribution is 2.34. The van der Waals surface area contributed by atoms with Crippen LogP contribution in [0.25, 0.3) is 0 Å². The van der Waals surface area contributed by atoms with Crippen LogP contribution in [-0.2, 0) is 26.6 Å². The van der Waals surface area contributed by atoms with E-state index in [1.54, 1.807) is 0 Å². The van der Waals surface area contributed by atoms with Gasteiger partial charge in [0.25, 0.3) is 0 Å². The number of rotatable bonds is 6. The summed E-state index contributed by atoms with van der Waals surface area (Å²) >= 11 is 0. The molecule has 0 unspecified atom stereocenters. The first-order valence-electron chi connectivity index (χ1n) is 8.33. The Morgan fingerprint density at radius 1 is 1.26 bits per heavy atom. The third-order valence-electron chi connectivity index (χ3n) is 4.68. The Morgan fingerprint density at radius 3 is 2.65 bits per heavy atom. The van der Waals surface area contributed by atoms with E-state index in [9.17, 15) is 0 Å². The molecule has 2 aromatic rings. The molecule has 0 bridgehead atoms. The van der Waals surface area contributed by atoms with Gasteiger partial charge in [0, 0.05) is 31.7 Å². The standard InChI is InChI=1S/C17H26N6/c1-4-12-5-6-15(19-9-12)10-22(2)11-16-20-21-17(23(16)3)13-7-14(18)8-13/h5-6,9,13-14H,4,7-8,10-11,18H2,1-3H3. The van der Waals surface area contributed by atoms with Crippen molar-refractivity contribution in [2.45, 2.75) is 51.2 Å². The van der Waals surface area contributed by atoms with E-state index in [2.05, 4.69) is 57.8 Å². The molecule has 0 spiro atoms. The molecule has 2 aromatic heterocycles. The van der Waals surface area contributed by atoms with Crippen LogP contribution in [0.3, 0.4) is 0 Å². The van der Waals surface area contributed by atoms with E-state index >= 15 is 0 Å². The molecule has 3 rings (SSSR count). The SMILES string of the molecule is CCc1ccc(CN(C)Cc2nnc(C3CC(N)C3)n2C)nc1. The van der Waals surface area contributed by atoms with Gasteiger partial charge in [0.05, 0.1) is 12.2 Å². The summed E-state index contributed by atoms with van der Waals surface area (Å²) in [6.07, 6.45) is 5.03. The molecule has 6 nitrogen and oxygen atoms in total. The highest BCUT2D eigenvalue weighted by molar-refractivity contribution is 5.14. The van der Waals surface area contributed by atoms with Gasteiger partial charge in [-0.3, -0.25) is 9.88 Å². The Labute approximate surface area is 137 Å². The molecule has 23 heavy (non-hydrogen) atoms. The fraction of sp³-hybridized carbons (Fsp3) is 0.588. The fourth-order valence-electron chi connectivity index (χ4n) is 3.07. The van der Waals surface area contributed by atoms with Crippen LogP contribution in [0.1, 0.15) is 48.6 Å². The van der Waals surface area contributed by atoms with Crippen LogP contribution in [0.2, 0.25) is 0 Å². The van der Waals surface area contributed by atoms with E-state index in [-0.39, 0.29) is 0 Å². The summed E-state index contributed by atoms with van der Waals surface area (Å²) in [6.45, 7) is 3.71. The number of aryl methyl sites for hydroxylation is 1. The zero-order valence-electron chi connectivity index (χ0n) is 14.2. The van der Waals surface area contributed by atoms with Crippen molar-refractivity contribution in [2.75, 3.05) is 7.05 Å². The molecule has 1 saturated carbocycles. The topological polar surface area (TPSA) is 72.9 Å². The normalized spacial score (nSPS) is 20.7. The lowest BCUT2D eigenvalue weighted by Crippen LogP contribution is -2.36. The molecule has 124 valence electrons. The molecule has 0 aromatic carbocycles. The van der Waals surface area contributed by atoms with Crippen LogP contribution in [-0.4, -0.2) is 37.7 Å². The molecule has 6 heteroatoms. The summed E-state index contributed by atoms with van der Waals surface area (Å²) in [6, 6.07) is 4.59. The van der Waals surface area contributed by atoms with Crippen molar-refractivity contribution in [1.82, 2.24) is 24.6 Å². The largest absolute Gasteiger partial charge is 0.328 e. The fourth-order valence-corrected chi connectivity index (χ4v) is 3.07. The molecule has 1 aliphatic carbocycles. The zero-order valence-corrected chi connectivity index (χ0v) is 14.2. The Hall–Kier alpha value is -1.79. The third kappa shape index (κ3) is 3.59. The molecular formula is C17H26N6. The Balaban J connectivity index is 1.60. The molecular weight excluding hydrogens is 288 g/mol. The van der Waals surface area contributed by atoms with Crippen molar-refractivity contribution >= 4 is 0 Å². The van der Waals surface area contributed by atoms with E-state index < -0.39 is 0 Å². The molecule has 0 saturated heterocycles. The van der Waals surface area contributed by atoms with Gasteiger partial charge in [-0.2, -0.15) is 0 Å².